The van der Waals surface area contributed by atoms with Crippen molar-refractivity contribution in [2.45, 2.75) is 74.8 Å². The fraction of sp³-hybridized carbons (Fsp3) is 0.520. The van der Waals surface area contributed by atoms with Crippen LogP contribution in [0.2, 0.25) is 0 Å². The Morgan fingerprint density at radius 2 is 1.97 bits per heavy atom. The summed E-state index contributed by atoms with van der Waals surface area (Å²) in [5.41, 5.74) is 5.01. The first-order valence-corrected chi connectivity index (χ1v) is 14.0. The molecule has 0 radical (unpaired) electrons. The summed E-state index contributed by atoms with van der Waals surface area (Å²) in [5, 5.41) is 22.8. The second-order valence-electron chi connectivity index (χ2n) is 10.3. The van der Waals surface area contributed by atoms with Gasteiger partial charge in [-0.1, -0.05) is 43.2 Å². The van der Waals surface area contributed by atoms with Crippen LogP contribution >= 0.6 is 7.82 Å². The molecule has 2 saturated heterocycles. The zero-order chi connectivity index (χ0) is 25.8. The van der Waals surface area contributed by atoms with Gasteiger partial charge in [0, 0.05) is 12.6 Å². The lowest BCUT2D eigenvalue weighted by Gasteiger charge is -2.41. The van der Waals surface area contributed by atoms with Crippen molar-refractivity contribution in [2.75, 3.05) is 12.3 Å². The normalized spacial score (nSPS) is 35.4. The molecule has 3 aromatic rings. The number of aliphatic hydroxyl groups is 2. The van der Waals surface area contributed by atoms with E-state index in [1.807, 2.05) is 30.3 Å². The molecule has 4 heterocycles. The van der Waals surface area contributed by atoms with Gasteiger partial charge >= 0.3 is 7.82 Å². The molecule has 0 bridgehead atoms. The first kappa shape index (κ1) is 24.9. The summed E-state index contributed by atoms with van der Waals surface area (Å²) in [5.74, 6) is 0.292. The van der Waals surface area contributed by atoms with Crippen LogP contribution in [0, 0.1) is 0 Å². The molecule has 6 atom stereocenters. The van der Waals surface area contributed by atoms with Gasteiger partial charge in [-0.2, -0.15) is 0 Å². The third-order valence-electron chi connectivity index (χ3n) is 7.75. The summed E-state index contributed by atoms with van der Waals surface area (Å²) in [6.07, 6.45) is 3.28. The first-order valence-electron chi connectivity index (χ1n) is 12.5. The van der Waals surface area contributed by atoms with E-state index >= 15 is 0 Å². The van der Waals surface area contributed by atoms with Gasteiger partial charge in [-0.25, -0.2) is 14.5 Å². The highest BCUT2D eigenvalue weighted by Crippen LogP contribution is 2.65. The van der Waals surface area contributed by atoms with Crippen molar-refractivity contribution in [1.82, 2.24) is 14.5 Å². The van der Waals surface area contributed by atoms with Gasteiger partial charge in [0.15, 0.2) is 6.23 Å². The summed E-state index contributed by atoms with van der Waals surface area (Å²) in [4.78, 5) is 8.24. The number of rotatable bonds is 5. The van der Waals surface area contributed by atoms with Crippen molar-refractivity contribution in [2.24, 2.45) is 0 Å². The maximum Gasteiger partial charge on any atom is 0.476 e. The zero-order valence-electron chi connectivity index (χ0n) is 20.5. The van der Waals surface area contributed by atoms with Crippen LogP contribution in [0.25, 0.3) is 11.0 Å². The van der Waals surface area contributed by atoms with Gasteiger partial charge < -0.3 is 25.3 Å². The lowest BCUT2D eigenvalue weighted by molar-refractivity contribution is -0.0979. The summed E-state index contributed by atoms with van der Waals surface area (Å²) < 4.78 is 39.3. The number of anilines is 1. The molecule has 1 aliphatic carbocycles. The van der Waals surface area contributed by atoms with Gasteiger partial charge in [0.1, 0.15) is 35.6 Å². The Kier molecular flexibility index (Phi) is 6.15. The average Bonchev–Trinajstić information content (AvgIpc) is 3.56. The maximum atomic E-state index is 13.8. The number of nitrogen functional groups attached to an aromatic ring is 1. The monoisotopic (exact) mass is 530 g/mol. The highest BCUT2D eigenvalue weighted by atomic mass is 31.2. The molecule has 0 unspecified atom stereocenters. The van der Waals surface area contributed by atoms with E-state index in [1.165, 1.54) is 13.3 Å². The Bertz CT molecular complexity index is 1330. The maximum absolute atomic E-state index is 13.8. The number of phosphoric ester groups is 1. The number of nitrogens with zero attached hydrogens (tertiary/aromatic N) is 3. The molecule has 11 nitrogen and oxygen atoms in total. The summed E-state index contributed by atoms with van der Waals surface area (Å²) in [7, 11) is -4.01. The van der Waals surface area contributed by atoms with E-state index in [9.17, 15) is 14.8 Å². The number of aromatic nitrogens is 3. The molecule has 37 heavy (non-hydrogen) atoms. The first-order chi connectivity index (χ1) is 17.7. The zero-order valence-corrected chi connectivity index (χ0v) is 21.4. The number of benzene rings is 1. The van der Waals surface area contributed by atoms with E-state index < -0.39 is 43.6 Å². The molecule has 2 aliphatic heterocycles. The van der Waals surface area contributed by atoms with Gasteiger partial charge in [0.05, 0.1) is 23.7 Å². The molecule has 1 spiro atoms. The van der Waals surface area contributed by atoms with Crippen molar-refractivity contribution in [3.63, 3.8) is 0 Å². The number of fused-ring (bicyclic) bond motifs is 1. The van der Waals surface area contributed by atoms with E-state index in [0.29, 0.717) is 23.3 Å². The largest absolute Gasteiger partial charge is 0.476 e. The Morgan fingerprint density at radius 3 is 2.73 bits per heavy atom. The second-order valence-corrected chi connectivity index (χ2v) is 11.9. The van der Waals surface area contributed by atoms with Crippen LogP contribution in [0.1, 0.15) is 56.9 Å². The molecule has 1 aromatic carbocycles. The lowest BCUT2D eigenvalue weighted by atomic mass is 9.91. The predicted octanol–water partition coefficient (Wildman–Crippen LogP) is 3.64. The summed E-state index contributed by atoms with van der Waals surface area (Å²) in [6, 6.07) is 11.3. The number of nitrogens with two attached hydrogens (primary N) is 1. The van der Waals surface area contributed by atoms with E-state index in [1.54, 1.807) is 16.8 Å². The van der Waals surface area contributed by atoms with Crippen LogP contribution in [0.15, 0.2) is 48.9 Å². The molecule has 4 N–H and O–H groups in total. The number of aliphatic hydroxyl groups excluding tert-OH is 1. The second kappa shape index (κ2) is 9.13. The molecule has 6 rings (SSSR count). The van der Waals surface area contributed by atoms with Crippen LogP contribution in [0.3, 0.4) is 0 Å². The Hall–Kier alpha value is -2.37. The van der Waals surface area contributed by atoms with E-state index in [4.69, 9.17) is 24.0 Å². The van der Waals surface area contributed by atoms with E-state index in [2.05, 4.69) is 9.97 Å². The molecule has 0 amide bonds. The van der Waals surface area contributed by atoms with Crippen molar-refractivity contribution < 1.29 is 33.1 Å². The molecule has 198 valence electrons. The Morgan fingerprint density at radius 1 is 1.22 bits per heavy atom. The quantitative estimate of drug-likeness (QED) is 0.417. The number of hydrogen-bond acceptors (Lipinski definition) is 10. The van der Waals surface area contributed by atoms with Gasteiger partial charge in [-0.05, 0) is 31.4 Å². The highest BCUT2D eigenvalue weighted by Gasteiger charge is 2.55. The standard InChI is InChI=1S/C25H31N4O7P/c1-24(31)20(30)19(34-23(24)29-12-9-17-21(26)27-15-28-22(17)29)14-33-37(32)35-18(16-7-3-2-4-8-16)13-25(36-37)10-5-6-11-25/h2-4,7-9,12,15,18-20,23,30-31H,5-6,10-11,13-14H2,1H3,(H2,26,27,28)/t18-,19+,20+,23+,24+,37+/m0/s1. The SMILES string of the molecule is C[C@@]1(O)[C@H](O)[C@@H](CO[P@]2(=O)O[C@H](c3ccccc3)CC3(CCCC3)O2)O[C@H]1n1ccc2c(N)ncnc21. The fourth-order valence-corrected chi connectivity index (χ4v) is 7.49. The smallest absolute Gasteiger partial charge is 0.387 e. The summed E-state index contributed by atoms with van der Waals surface area (Å²) >= 11 is 0. The molecular weight excluding hydrogens is 499 g/mol. The number of phosphoric acid groups is 1. The number of hydrogen-bond donors (Lipinski definition) is 3. The van der Waals surface area contributed by atoms with Gasteiger partial charge in [-0.15, -0.1) is 0 Å². The lowest BCUT2D eigenvalue weighted by Crippen LogP contribution is -2.44. The predicted molar refractivity (Wildman–Crippen MR) is 133 cm³/mol. The molecule has 3 fully saturated rings. The minimum absolute atomic E-state index is 0.292. The van der Waals surface area contributed by atoms with Crippen LogP contribution in [-0.2, 0) is 22.9 Å². The Labute approximate surface area is 214 Å². The third-order valence-corrected chi connectivity index (χ3v) is 9.34. The summed E-state index contributed by atoms with van der Waals surface area (Å²) in [6.45, 7) is 1.16. The fourth-order valence-electron chi connectivity index (χ4n) is 5.77. The molecule has 3 aliphatic rings. The van der Waals surface area contributed by atoms with Crippen LogP contribution in [0.4, 0.5) is 5.82 Å². The van der Waals surface area contributed by atoms with Gasteiger partial charge in [0.2, 0.25) is 0 Å². The highest BCUT2D eigenvalue weighted by molar-refractivity contribution is 7.48. The van der Waals surface area contributed by atoms with Crippen molar-refractivity contribution in [3.8, 4) is 0 Å². The molecular formula is C25H31N4O7P. The Balaban J connectivity index is 1.22. The van der Waals surface area contributed by atoms with Gasteiger partial charge in [0.25, 0.3) is 0 Å². The minimum atomic E-state index is -4.01. The molecule has 1 saturated carbocycles. The van der Waals surface area contributed by atoms with Crippen LogP contribution < -0.4 is 5.73 Å². The molecule has 2 aromatic heterocycles. The van der Waals surface area contributed by atoms with E-state index in [-0.39, 0.29) is 6.61 Å². The topological polar surface area (TPSA) is 151 Å². The minimum Gasteiger partial charge on any atom is -0.387 e. The molecule has 12 heteroatoms. The average molecular weight is 531 g/mol. The van der Waals surface area contributed by atoms with Crippen molar-refractivity contribution >= 4 is 24.7 Å². The van der Waals surface area contributed by atoms with Crippen molar-refractivity contribution in [1.29, 1.82) is 0 Å². The third kappa shape index (κ3) is 4.38. The van der Waals surface area contributed by atoms with Gasteiger partial charge in [-0.3, -0.25) is 13.6 Å². The van der Waals surface area contributed by atoms with E-state index in [0.717, 1.165) is 31.2 Å². The van der Waals surface area contributed by atoms with Crippen LogP contribution in [-0.4, -0.2) is 54.8 Å². The van der Waals surface area contributed by atoms with Crippen molar-refractivity contribution in [3.05, 3.63) is 54.5 Å². The number of ether oxygens (including phenoxy) is 1. The van der Waals surface area contributed by atoms with Crippen LogP contribution in [0.5, 0.6) is 0 Å².